The molecule has 0 rings (SSSR count). The molecule has 2 unspecified atom stereocenters. The predicted octanol–water partition coefficient (Wildman–Crippen LogP) is 4.31. The van der Waals surface area contributed by atoms with E-state index < -0.39 is 8.15 Å². The lowest BCUT2D eigenvalue weighted by molar-refractivity contribution is 0.139. The molecule has 0 aliphatic rings. The summed E-state index contributed by atoms with van der Waals surface area (Å²) < 4.78 is 0. The minimum absolute atomic E-state index is 0.222. The Labute approximate surface area is 128 Å². The Morgan fingerprint density at radius 1 is 0.550 bits per heavy atom. The molecule has 0 aromatic rings. The van der Waals surface area contributed by atoms with Gasteiger partial charge < -0.3 is 4.89 Å². The van der Waals surface area contributed by atoms with Crippen molar-refractivity contribution in [2.24, 2.45) is 0 Å². The van der Waals surface area contributed by atoms with Crippen LogP contribution < -0.4 is 0 Å². The van der Waals surface area contributed by atoms with Gasteiger partial charge in [0.2, 0.25) is 0 Å². The van der Waals surface area contributed by atoms with Gasteiger partial charge in [0.05, 0.1) is 19.7 Å². The molecule has 20 heavy (non-hydrogen) atoms. The van der Waals surface area contributed by atoms with Crippen LogP contribution in [0.15, 0.2) is 0 Å². The molecule has 0 heterocycles. The van der Waals surface area contributed by atoms with E-state index in [9.17, 15) is 4.89 Å². The van der Waals surface area contributed by atoms with Crippen molar-refractivity contribution in [1.29, 1.82) is 0 Å². The second-order valence-corrected chi connectivity index (χ2v) is 9.17. The van der Waals surface area contributed by atoms with Crippen molar-refractivity contribution in [3.63, 3.8) is 0 Å². The Morgan fingerprint density at radius 2 is 0.750 bits per heavy atom. The van der Waals surface area contributed by atoms with Crippen LogP contribution >= 0.6 is 8.15 Å². The quantitative estimate of drug-likeness (QED) is 0.677. The standard InChI is InChI=1S/C16H37N2OP/c1-11(2)17(12(3)4)15(9)20(19)16(10)18(13(5)6)14(7)8/h11-16,19H,1-10H3. The molecule has 4 heteroatoms. The topological polar surface area (TPSA) is 26.7 Å². The van der Waals surface area contributed by atoms with Crippen LogP contribution in [0.1, 0.15) is 69.2 Å². The van der Waals surface area contributed by atoms with E-state index in [4.69, 9.17) is 0 Å². The molecule has 122 valence electrons. The molecule has 0 aliphatic carbocycles. The van der Waals surface area contributed by atoms with Crippen LogP contribution in [-0.2, 0) is 0 Å². The predicted molar refractivity (Wildman–Crippen MR) is 92.3 cm³/mol. The molecule has 0 aromatic heterocycles. The summed E-state index contributed by atoms with van der Waals surface area (Å²) in [6, 6.07) is 1.84. The Kier molecular flexibility index (Phi) is 8.81. The van der Waals surface area contributed by atoms with Gasteiger partial charge in [-0.3, -0.25) is 9.80 Å². The SMILES string of the molecule is CC(C)N(C(C)C)C(C)P(O)C(C)N(C(C)C)C(C)C. The van der Waals surface area contributed by atoms with Crippen molar-refractivity contribution in [2.75, 3.05) is 0 Å². The van der Waals surface area contributed by atoms with Crippen LogP contribution in [-0.4, -0.2) is 50.4 Å². The molecule has 0 aliphatic heterocycles. The maximum atomic E-state index is 10.9. The van der Waals surface area contributed by atoms with E-state index in [1.54, 1.807) is 0 Å². The summed E-state index contributed by atoms with van der Waals surface area (Å²) >= 11 is 0. The maximum absolute atomic E-state index is 10.9. The van der Waals surface area contributed by atoms with Gasteiger partial charge in [-0.2, -0.15) is 0 Å². The highest BCUT2D eigenvalue weighted by Gasteiger charge is 2.34. The second kappa shape index (κ2) is 8.68. The van der Waals surface area contributed by atoms with E-state index in [0.29, 0.717) is 24.2 Å². The number of hydrogen-bond donors (Lipinski definition) is 1. The van der Waals surface area contributed by atoms with Crippen LogP contribution in [0.5, 0.6) is 0 Å². The molecule has 0 fully saturated rings. The van der Waals surface area contributed by atoms with Gasteiger partial charge in [0.15, 0.2) is 0 Å². The van der Waals surface area contributed by atoms with Crippen molar-refractivity contribution in [1.82, 2.24) is 9.80 Å². The first-order valence-electron chi connectivity index (χ1n) is 8.04. The third kappa shape index (κ3) is 5.26. The van der Waals surface area contributed by atoms with Gasteiger partial charge in [0.1, 0.15) is 0 Å². The highest BCUT2D eigenvalue weighted by atomic mass is 31.1. The first kappa shape index (κ1) is 20.3. The zero-order valence-corrected chi connectivity index (χ0v) is 16.1. The zero-order valence-electron chi connectivity index (χ0n) is 15.3. The van der Waals surface area contributed by atoms with Gasteiger partial charge in [-0.25, -0.2) is 0 Å². The summed E-state index contributed by atoms with van der Waals surface area (Å²) in [5.41, 5.74) is 0. The summed E-state index contributed by atoms with van der Waals surface area (Å²) in [4.78, 5) is 15.8. The van der Waals surface area contributed by atoms with Gasteiger partial charge in [0, 0.05) is 24.2 Å². The lowest BCUT2D eigenvalue weighted by atomic mass is 10.2. The van der Waals surface area contributed by atoms with E-state index in [0.717, 1.165) is 0 Å². The molecule has 0 saturated carbocycles. The minimum Gasteiger partial charge on any atom is -0.371 e. The maximum Gasteiger partial charge on any atom is 0.0598 e. The van der Waals surface area contributed by atoms with E-state index in [1.807, 2.05) is 0 Å². The highest BCUT2D eigenvalue weighted by Crippen LogP contribution is 2.46. The second-order valence-electron chi connectivity index (χ2n) is 6.91. The molecule has 0 spiro atoms. The van der Waals surface area contributed by atoms with Crippen molar-refractivity contribution >= 4 is 8.15 Å². The van der Waals surface area contributed by atoms with E-state index in [2.05, 4.69) is 79.0 Å². The largest absolute Gasteiger partial charge is 0.371 e. The van der Waals surface area contributed by atoms with Gasteiger partial charge in [0.25, 0.3) is 0 Å². The van der Waals surface area contributed by atoms with E-state index in [1.165, 1.54) is 0 Å². The third-order valence-electron chi connectivity index (χ3n) is 4.01. The number of hydrogen-bond acceptors (Lipinski definition) is 3. The lowest BCUT2D eigenvalue weighted by Gasteiger charge is -2.44. The van der Waals surface area contributed by atoms with Gasteiger partial charge >= 0.3 is 0 Å². The highest BCUT2D eigenvalue weighted by molar-refractivity contribution is 7.52. The Hall–Kier alpha value is 0.310. The van der Waals surface area contributed by atoms with Crippen LogP contribution in [0.3, 0.4) is 0 Å². The molecule has 0 amide bonds. The van der Waals surface area contributed by atoms with Crippen LogP contribution in [0.2, 0.25) is 0 Å². The summed E-state index contributed by atoms with van der Waals surface area (Å²) in [5.74, 6) is 0.444. The third-order valence-corrected chi connectivity index (χ3v) is 6.08. The van der Waals surface area contributed by atoms with Gasteiger partial charge in [-0.05, 0) is 69.2 Å². The molecule has 0 aromatic carbocycles. The summed E-state index contributed by atoms with van der Waals surface area (Å²) in [6.07, 6.45) is 0. The number of nitrogens with zero attached hydrogens (tertiary/aromatic N) is 2. The monoisotopic (exact) mass is 304 g/mol. The summed E-state index contributed by atoms with van der Waals surface area (Å²) in [5, 5.41) is 0. The lowest BCUT2D eigenvalue weighted by Crippen LogP contribution is -2.48. The first-order chi connectivity index (χ1) is 9.02. The average molecular weight is 304 g/mol. The summed E-state index contributed by atoms with van der Waals surface area (Å²) in [6.45, 7) is 22.1. The van der Waals surface area contributed by atoms with Crippen LogP contribution in [0, 0.1) is 0 Å². The van der Waals surface area contributed by atoms with Gasteiger partial charge in [-0.15, -0.1) is 0 Å². The fourth-order valence-electron chi connectivity index (χ4n) is 3.50. The van der Waals surface area contributed by atoms with Crippen LogP contribution in [0.25, 0.3) is 0 Å². The molecular formula is C16H37N2OP. The molecule has 2 atom stereocenters. The fraction of sp³-hybridized carbons (Fsp3) is 1.00. The first-order valence-corrected chi connectivity index (χ1v) is 9.47. The molecule has 0 saturated heterocycles. The minimum atomic E-state index is -1.06. The zero-order chi connectivity index (χ0) is 16.2. The Morgan fingerprint density at radius 3 is 0.900 bits per heavy atom. The molecule has 3 nitrogen and oxygen atoms in total. The molecular weight excluding hydrogens is 267 g/mol. The normalized spacial score (nSPS) is 17.9. The van der Waals surface area contributed by atoms with Gasteiger partial charge in [-0.1, -0.05) is 0 Å². The smallest absolute Gasteiger partial charge is 0.0598 e. The van der Waals surface area contributed by atoms with E-state index in [-0.39, 0.29) is 11.6 Å². The fourth-order valence-corrected chi connectivity index (χ4v) is 5.74. The molecule has 0 bridgehead atoms. The van der Waals surface area contributed by atoms with Crippen molar-refractivity contribution < 1.29 is 4.89 Å². The molecule has 0 radical (unpaired) electrons. The van der Waals surface area contributed by atoms with Crippen LogP contribution in [0.4, 0.5) is 0 Å². The average Bonchev–Trinajstić information content (AvgIpc) is 2.25. The Balaban J connectivity index is 5.06. The molecule has 1 N–H and O–H groups in total. The van der Waals surface area contributed by atoms with E-state index >= 15 is 0 Å². The number of rotatable bonds is 8. The van der Waals surface area contributed by atoms with Crippen molar-refractivity contribution in [2.45, 2.75) is 105 Å². The Bertz CT molecular complexity index is 227. The van der Waals surface area contributed by atoms with Crippen molar-refractivity contribution in [3.8, 4) is 0 Å². The summed E-state index contributed by atoms with van der Waals surface area (Å²) in [7, 11) is -1.06. The van der Waals surface area contributed by atoms with Crippen molar-refractivity contribution in [3.05, 3.63) is 0 Å².